The van der Waals surface area contributed by atoms with E-state index in [1.165, 1.54) is 0 Å². The second-order valence-electron chi connectivity index (χ2n) is 6.19. The van der Waals surface area contributed by atoms with Gasteiger partial charge in [0, 0.05) is 32.0 Å². The third-order valence-electron chi connectivity index (χ3n) is 4.27. The van der Waals surface area contributed by atoms with Crippen LogP contribution in [0.25, 0.3) is 0 Å². The SMILES string of the molecule is Cc1noc(C)c1C(=O)NC[C@]1(O)CCCN(c2cnccn2)C1. The highest BCUT2D eigenvalue weighted by molar-refractivity contribution is 5.96. The van der Waals surface area contributed by atoms with Crippen molar-refractivity contribution in [2.75, 3.05) is 24.5 Å². The second-order valence-corrected chi connectivity index (χ2v) is 6.19. The van der Waals surface area contributed by atoms with Crippen LogP contribution in [0.4, 0.5) is 5.82 Å². The molecule has 0 unspecified atom stereocenters. The van der Waals surface area contributed by atoms with Gasteiger partial charge < -0.3 is 19.8 Å². The quantitative estimate of drug-likeness (QED) is 0.855. The Morgan fingerprint density at radius 3 is 2.96 bits per heavy atom. The summed E-state index contributed by atoms with van der Waals surface area (Å²) in [6.45, 7) is 4.77. The standard InChI is InChI=1S/C16H21N5O3/c1-11-14(12(2)24-20-11)15(22)19-9-16(23)4-3-7-21(10-16)13-8-17-5-6-18-13/h5-6,8,23H,3-4,7,9-10H2,1-2H3,(H,19,22)/t16-/m1/s1. The van der Waals surface area contributed by atoms with Gasteiger partial charge in [-0.15, -0.1) is 0 Å². The summed E-state index contributed by atoms with van der Waals surface area (Å²) in [6.07, 6.45) is 6.35. The van der Waals surface area contributed by atoms with Crippen LogP contribution in [-0.2, 0) is 0 Å². The lowest BCUT2D eigenvalue weighted by molar-refractivity contribution is 0.0254. The van der Waals surface area contributed by atoms with Crippen molar-refractivity contribution in [2.24, 2.45) is 0 Å². The number of β-amino-alcohol motifs (C(OH)–C–C–N with tert-alkyl or cyclic N) is 1. The minimum Gasteiger partial charge on any atom is -0.386 e. The summed E-state index contributed by atoms with van der Waals surface area (Å²) in [6, 6.07) is 0. The van der Waals surface area contributed by atoms with Gasteiger partial charge in [-0.05, 0) is 26.7 Å². The topological polar surface area (TPSA) is 104 Å². The highest BCUT2D eigenvalue weighted by atomic mass is 16.5. The van der Waals surface area contributed by atoms with E-state index in [-0.39, 0.29) is 12.5 Å². The van der Waals surface area contributed by atoms with E-state index in [2.05, 4.69) is 20.4 Å². The number of nitrogens with one attached hydrogen (secondary N) is 1. The zero-order valence-electron chi connectivity index (χ0n) is 13.8. The van der Waals surface area contributed by atoms with Gasteiger partial charge in [0.15, 0.2) is 0 Å². The smallest absolute Gasteiger partial charge is 0.256 e. The van der Waals surface area contributed by atoms with Crippen LogP contribution in [0.3, 0.4) is 0 Å². The first-order valence-electron chi connectivity index (χ1n) is 7.93. The Hall–Kier alpha value is -2.48. The zero-order valence-corrected chi connectivity index (χ0v) is 13.8. The summed E-state index contributed by atoms with van der Waals surface area (Å²) >= 11 is 0. The minimum absolute atomic E-state index is 0.159. The predicted octanol–water partition coefficient (Wildman–Crippen LogP) is 0.843. The number of aromatic nitrogens is 3. The van der Waals surface area contributed by atoms with E-state index in [0.717, 1.165) is 18.8 Å². The van der Waals surface area contributed by atoms with Crippen LogP contribution in [-0.4, -0.2) is 51.4 Å². The van der Waals surface area contributed by atoms with Crippen molar-refractivity contribution in [3.05, 3.63) is 35.6 Å². The van der Waals surface area contributed by atoms with Crippen molar-refractivity contribution in [2.45, 2.75) is 32.3 Å². The number of amides is 1. The van der Waals surface area contributed by atoms with Gasteiger partial charge in [0.1, 0.15) is 17.1 Å². The summed E-state index contributed by atoms with van der Waals surface area (Å²) in [5.74, 6) is 0.922. The largest absolute Gasteiger partial charge is 0.386 e. The maximum Gasteiger partial charge on any atom is 0.256 e. The molecule has 1 aliphatic heterocycles. The van der Waals surface area contributed by atoms with Gasteiger partial charge in [-0.3, -0.25) is 9.78 Å². The summed E-state index contributed by atoms with van der Waals surface area (Å²) in [7, 11) is 0. The molecule has 0 aliphatic carbocycles. The van der Waals surface area contributed by atoms with E-state index in [9.17, 15) is 9.90 Å². The van der Waals surface area contributed by atoms with Crippen molar-refractivity contribution >= 4 is 11.7 Å². The second kappa shape index (κ2) is 6.56. The number of carbonyl (C=O) groups is 1. The highest BCUT2D eigenvalue weighted by Crippen LogP contribution is 2.24. The Bertz CT molecular complexity index is 698. The normalized spacial score (nSPS) is 20.9. The highest BCUT2D eigenvalue weighted by Gasteiger charge is 2.34. The summed E-state index contributed by atoms with van der Waals surface area (Å²) in [5, 5.41) is 17.4. The molecular weight excluding hydrogens is 310 g/mol. The van der Waals surface area contributed by atoms with Crippen molar-refractivity contribution in [3.63, 3.8) is 0 Å². The number of anilines is 1. The first kappa shape index (κ1) is 16.4. The summed E-state index contributed by atoms with van der Waals surface area (Å²) in [4.78, 5) is 22.6. The lowest BCUT2D eigenvalue weighted by Crippen LogP contribution is -2.54. The number of aliphatic hydroxyl groups is 1. The van der Waals surface area contributed by atoms with Crippen molar-refractivity contribution in [3.8, 4) is 0 Å². The third-order valence-corrected chi connectivity index (χ3v) is 4.27. The van der Waals surface area contributed by atoms with Crippen molar-refractivity contribution < 1.29 is 14.4 Å². The van der Waals surface area contributed by atoms with Crippen LogP contribution < -0.4 is 10.2 Å². The Morgan fingerprint density at radius 1 is 1.46 bits per heavy atom. The van der Waals surface area contributed by atoms with Crippen LogP contribution in [0.15, 0.2) is 23.1 Å². The molecule has 24 heavy (non-hydrogen) atoms. The van der Waals surface area contributed by atoms with Gasteiger partial charge in [0.25, 0.3) is 5.91 Å². The first-order valence-corrected chi connectivity index (χ1v) is 7.93. The number of aryl methyl sites for hydroxylation is 2. The van der Waals surface area contributed by atoms with Gasteiger partial charge in [0.05, 0.1) is 17.5 Å². The van der Waals surface area contributed by atoms with Crippen LogP contribution in [0, 0.1) is 13.8 Å². The molecule has 1 saturated heterocycles. The Balaban J connectivity index is 1.65. The molecule has 0 saturated carbocycles. The molecule has 1 aliphatic rings. The van der Waals surface area contributed by atoms with Gasteiger partial charge in [0.2, 0.25) is 0 Å². The summed E-state index contributed by atoms with van der Waals surface area (Å²) < 4.78 is 5.01. The van der Waals surface area contributed by atoms with Crippen LogP contribution >= 0.6 is 0 Å². The van der Waals surface area contributed by atoms with Crippen LogP contribution in [0.5, 0.6) is 0 Å². The number of nitrogens with zero attached hydrogens (tertiary/aromatic N) is 4. The molecule has 0 bridgehead atoms. The number of hydrogen-bond acceptors (Lipinski definition) is 7. The molecule has 128 valence electrons. The van der Waals surface area contributed by atoms with Crippen LogP contribution in [0.2, 0.25) is 0 Å². The molecule has 8 nitrogen and oxygen atoms in total. The molecule has 2 aromatic rings. The third kappa shape index (κ3) is 3.38. The minimum atomic E-state index is -1.01. The van der Waals surface area contributed by atoms with Crippen LogP contribution in [0.1, 0.15) is 34.7 Å². The maximum absolute atomic E-state index is 12.3. The predicted molar refractivity (Wildman–Crippen MR) is 86.7 cm³/mol. The van der Waals surface area contributed by atoms with Gasteiger partial charge >= 0.3 is 0 Å². The Morgan fingerprint density at radius 2 is 2.29 bits per heavy atom. The lowest BCUT2D eigenvalue weighted by atomic mass is 9.92. The molecule has 0 spiro atoms. The van der Waals surface area contributed by atoms with E-state index in [4.69, 9.17) is 4.52 Å². The fourth-order valence-corrected chi connectivity index (χ4v) is 3.05. The van der Waals surface area contributed by atoms with Crippen molar-refractivity contribution in [1.82, 2.24) is 20.4 Å². The average Bonchev–Trinajstić information content (AvgIpc) is 2.92. The van der Waals surface area contributed by atoms with E-state index < -0.39 is 5.60 Å². The molecule has 3 rings (SSSR count). The zero-order chi connectivity index (χ0) is 17.2. The summed E-state index contributed by atoms with van der Waals surface area (Å²) in [5.41, 5.74) is -0.0354. The lowest BCUT2D eigenvalue weighted by Gasteiger charge is -2.39. The van der Waals surface area contributed by atoms with E-state index in [0.29, 0.717) is 30.0 Å². The molecule has 0 aromatic carbocycles. The monoisotopic (exact) mass is 331 g/mol. The van der Waals surface area contributed by atoms with E-state index in [1.54, 1.807) is 32.4 Å². The van der Waals surface area contributed by atoms with Crippen molar-refractivity contribution in [1.29, 1.82) is 0 Å². The molecule has 1 amide bonds. The molecular formula is C16H21N5O3. The molecule has 1 fully saturated rings. The maximum atomic E-state index is 12.3. The molecule has 3 heterocycles. The first-order chi connectivity index (χ1) is 11.5. The number of carbonyl (C=O) groups excluding carboxylic acids is 1. The fraction of sp³-hybridized carbons (Fsp3) is 0.500. The fourth-order valence-electron chi connectivity index (χ4n) is 3.05. The molecule has 1 atom stereocenters. The Kier molecular flexibility index (Phi) is 4.48. The molecule has 8 heteroatoms. The van der Waals surface area contributed by atoms with Gasteiger partial charge in [-0.1, -0.05) is 5.16 Å². The number of hydrogen-bond donors (Lipinski definition) is 2. The Labute approximate surface area is 139 Å². The molecule has 2 aromatic heterocycles. The van der Waals surface area contributed by atoms with E-state index in [1.807, 2.05) is 4.90 Å². The molecule has 0 radical (unpaired) electrons. The molecule has 2 N–H and O–H groups in total. The van der Waals surface area contributed by atoms with E-state index >= 15 is 0 Å². The number of piperidine rings is 1. The average molecular weight is 331 g/mol. The van der Waals surface area contributed by atoms with Gasteiger partial charge in [-0.25, -0.2) is 4.98 Å². The van der Waals surface area contributed by atoms with Gasteiger partial charge in [-0.2, -0.15) is 0 Å². The number of rotatable bonds is 4.